The molecule has 0 aliphatic carbocycles. The topological polar surface area (TPSA) is 25.8 Å². The molecule has 3 rings (SSSR count). The van der Waals surface area contributed by atoms with Crippen molar-refractivity contribution in [1.29, 1.82) is 0 Å². The van der Waals surface area contributed by atoms with Crippen LogP contribution in [0.2, 0.25) is 0 Å². The van der Waals surface area contributed by atoms with Crippen molar-refractivity contribution in [1.82, 2.24) is 9.97 Å². The van der Waals surface area contributed by atoms with Crippen molar-refractivity contribution in [3.63, 3.8) is 0 Å². The van der Waals surface area contributed by atoms with Gasteiger partial charge in [-0.3, -0.25) is 0 Å². The minimum atomic E-state index is 1.01. The van der Waals surface area contributed by atoms with E-state index < -0.39 is 0 Å². The molecule has 3 aromatic rings. The second kappa shape index (κ2) is 4.99. The van der Waals surface area contributed by atoms with E-state index in [-0.39, 0.29) is 0 Å². The molecule has 2 aromatic heterocycles. The number of para-hydroxylation sites is 1. The van der Waals surface area contributed by atoms with E-state index in [0.29, 0.717) is 0 Å². The van der Waals surface area contributed by atoms with Crippen LogP contribution in [0.15, 0.2) is 50.4 Å². The normalized spacial score (nSPS) is 11.0. The monoisotopic (exact) mass is 336 g/mol. The van der Waals surface area contributed by atoms with E-state index in [0.717, 1.165) is 24.9 Å². The number of aryl methyl sites for hydroxylation is 1. The maximum Gasteiger partial charge on any atom is 0.157 e. The molecule has 0 fully saturated rings. The molecule has 0 atom stereocenters. The summed E-state index contributed by atoms with van der Waals surface area (Å²) in [4.78, 5) is 9.03. The number of benzene rings is 1. The first kappa shape index (κ1) is 12.1. The smallest absolute Gasteiger partial charge is 0.157 e. The number of fused-ring (bicyclic) bond motifs is 1. The maximum atomic E-state index is 4.60. The molecule has 0 amide bonds. The van der Waals surface area contributed by atoms with Crippen molar-refractivity contribution >= 4 is 49.2 Å². The largest absolute Gasteiger partial charge is 0.248 e. The summed E-state index contributed by atoms with van der Waals surface area (Å²) >= 11 is 6.75. The minimum Gasteiger partial charge on any atom is -0.248 e. The molecule has 0 saturated carbocycles. The van der Waals surface area contributed by atoms with Crippen LogP contribution in [0.3, 0.4) is 0 Å². The van der Waals surface area contributed by atoms with Gasteiger partial charge in [0.15, 0.2) is 4.34 Å². The van der Waals surface area contributed by atoms with Crippen LogP contribution in [-0.2, 0) is 0 Å². The molecule has 2 nitrogen and oxygen atoms in total. The predicted octanol–water partition coefficient (Wildman–Crippen LogP) is 4.91. The molecule has 0 N–H and O–H groups in total. The van der Waals surface area contributed by atoms with Crippen molar-refractivity contribution in [3.8, 4) is 0 Å². The summed E-state index contributed by atoms with van der Waals surface area (Å²) in [6.07, 6.45) is 1.82. The summed E-state index contributed by atoms with van der Waals surface area (Å²) < 4.78 is 3.26. The van der Waals surface area contributed by atoms with Gasteiger partial charge in [-0.05, 0) is 58.4 Å². The minimum absolute atomic E-state index is 1.01. The van der Waals surface area contributed by atoms with Crippen LogP contribution in [0.5, 0.6) is 0 Å². The standard InChI is InChI=1S/C13H9BrN2S2/c1-8-6-9(14)7-15-12(8)18-13-16-10-4-2-3-5-11(10)17-13/h2-7H,1H3. The Morgan fingerprint density at radius 1 is 1.28 bits per heavy atom. The molecule has 5 heteroatoms. The number of nitrogens with zero attached hydrogens (tertiary/aromatic N) is 2. The molecule has 0 saturated heterocycles. The highest BCUT2D eigenvalue weighted by atomic mass is 79.9. The predicted molar refractivity (Wildman–Crippen MR) is 80.4 cm³/mol. The fraction of sp³-hybridized carbons (Fsp3) is 0.0769. The van der Waals surface area contributed by atoms with Crippen molar-refractivity contribution in [2.75, 3.05) is 0 Å². The number of aromatic nitrogens is 2. The lowest BCUT2D eigenvalue weighted by molar-refractivity contribution is 1.07. The van der Waals surface area contributed by atoms with Gasteiger partial charge in [0.05, 0.1) is 10.2 Å². The lowest BCUT2D eigenvalue weighted by Gasteiger charge is -2.01. The molecule has 0 aliphatic heterocycles. The van der Waals surface area contributed by atoms with Gasteiger partial charge in [-0.1, -0.05) is 12.1 Å². The third-order valence-electron chi connectivity index (χ3n) is 2.46. The summed E-state index contributed by atoms with van der Waals surface area (Å²) in [5.74, 6) is 0. The number of pyridine rings is 1. The van der Waals surface area contributed by atoms with Crippen LogP contribution < -0.4 is 0 Å². The average molecular weight is 337 g/mol. The van der Waals surface area contributed by atoms with E-state index >= 15 is 0 Å². The van der Waals surface area contributed by atoms with Gasteiger partial charge in [0.25, 0.3) is 0 Å². The van der Waals surface area contributed by atoms with Crippen LogP contribution in [0.4, 0.5) is 0 Å². The highest BCUT2D eigenvalue weighted by Gasteiger charge is 2.08. The molecule has 0 radical (unpaired) electrons. The molecule has 90 valence electrons. The quantitative estimate of drug-likeness (QED) is 0.664. The van der Waals surface area contributed by atoms with E-state index in [1.165, 1.54) is 4.70 Å². The molecule has 0 spiro atoms. The Balaban J connectivity index is 1.96. The highest BCUT2D eigenvalue weighted by molar-refractivity contribution is 9.10. The van der Waals surface area contributed by atoms with Gasteiger partial charge in [-0.25, -0.2) is 9.97 Å². The fourth-order valence-corrected chi connectivity index (χ4v) is 4.06. The van der Waals surface area contributed by atoms with E-state index in [9.17, 15) is 0 Å². The molecule has 1 aromatic carbocycles. The number of hydrogen-bond acceptors (Lipinski definition) is 4. The Morgan fingerprint density at radius 3 is 2.89 bits per heavy atom. The Labute approximate surface area is 122 Å². The first-order chi connectivity index (χ1) is 8.72. The first-order valence-corrected chi connectivity index (χ1v) is 7.80. The molecule has 0 aliphatic rings. The number of halogens is 1. The summed E-state index contributed by atoms with van der Waals surface area (Å²) in [6, 6.07) is 10.3. The molecular formula is C13H9BrN2S2. The lowest BCUT2D eigenvalue weighted by atomic mass is 10.3. The fourth-order valence-electron chi connectivity index (χ4n) is 1.61. The third-order valence-corrected chi connectivity index (χ3v) is 5.11. The Kier molecular flexibility index (Phi) is 3.37. The number of hydrogen-bond donors (Lipinski definition) is 0. The molecule has 2 heterocycles. The van der Waals surface area contributed by atoms with Gasteiger partial charge >= 0.3 is 0 Å². The SMILES string of the molecule is Cc1cc(Br)cnc1Sc1nc2ccccc2s1. The van der Waals surface area contributed by atoms with Crippen molar-refractivity contribution < 1.29 is 0 Å². The summed E-state index contributed by atoms with van der Waals surface area (Å²) in [6.45, 7) is 2.06. The zero-order chi connectivity index (χ0) is 12.5. The summed E-state index contributed by atoms with van der Waals surface area (Å²) in [5, 5.41) is 1.01. The van der Waals surface area contributed by atoms with Gasteiger partial charge in [-0.15, -0.1) is 11.3 Å². The zero-order valence-corrected chi connectivity index (χ0v) is 12.8. The average Bonchev–Trinajstić information content (AvgIpc) is 2.75. The second-order valence-corrected chi connectivity index (χ2v) is 7.01. The van der Waals surface area contributed by atoms with E-state index in [4.69, 9.17) is 0 Å². The van der Waals surface area contributed by atoms with E-state index in [2.05, 4.69) is 45.0 Å². The second-order valence-electron chi connectivity index (χ2n) is 3.83. The van der Waals surface area contributed by atoms with Crippen molar-refractivity contribution in [2.24, 2.45) is 0 Å². The van der Waals surface area contributed by atoms with Gasteiger partial charge in [-0.2, -0.15) is 0 Å². The van der Waals surface area contributed by atoms with Gasteiger partial charge in [0.1, 0.15) is 5.03 Å². The molecule has 18 heavy (non-hydrogen) atoms. The molecule has 0 unspecified atom stereocenters. The first-order valence-electron chi connectivity index (χ1n) is 5.38. The number of rotatable bonds is 2. The highest BCUT2D eigenvalue weighted by Crippen LogP contribution is 2.35. The Bertz CT molecular complexity index is 676. The summed E-state index contributed by atoms with van der Waals surface area (Å²) in [7, 11) is 0. The Hall–Kier alpha value is -0.910. The number of thiazole rings is 1. The van der Waals surface area contributed by atoms with Gasteiger partial charge < -0.3 is 0 Å². The van der Waals surface area contributed by atoms with Crippen LogP contribution in [-0.4, -0.2) is 9.97 Å². The van der Waals surface area contributed by atoms with Gasteiger partial charge in [0, 0.05) is 10.7 Å². The molecule has 0 bridgehead atoms. The molecular weight excluding hydrogens is 328 g/mol. The summed E-state index contributed by atoms with van der Waals surface area (Å²) in [5.41, 5.74) is 2.22. The van der Waals surface area contributed by atoms with Crippen molar-refractivity contribution in [2.45, 2.75) is 16.3 Å². The maximum absolute atomic E-state index is 4.60. The van der Waals surface area contributed by atoms with Gasteiger partial charge in [0.2, 0.25) is 0 Å². The van der Waals surface area contributed by atoms with Crippen LogP contribution in [0, 0.1) is 6.92 Å². The van der Waals surface area contributed by atoms with Crippen LogP contribution >= 0.6 is 39.0 Å². The zero-order valence-electron chi connectivity index (χ0n) is 9.55. The van der Waals surface area contributed by atoms with E-state index in [1.807, 2.05) is 24.4 Å². The lowest BCUT2D eigenvalue weighted by Crippen LogP contribution is -1.84. The Morgan fingerprint density at radius 2 is 2.11 bits per heavy atom. The third kappa shape index (κ3) is 2.43. The van der Waals surface area contributed by atoms with Crippen LogP contribution in [0.1, 0.15) is 5.56 Å². The van der Waals surface area contributed by atoms with E-state index in [1.54, 1.807) is 23.1 Å². The van der Waals surface area contributed by atoms with Crippen LogP contribution in [0.25, 0.3) is 10.2 Å². The van der Waals surface area contributed by atoms with Crippen molar-refractivity contribution in [3.05, 3.63) is 46.6 Å².